The van der Waals surface area contributed by atoms with Gasteiger partial charge in [0.1, 0.15) is 21.4 Å². The predicted molar refractivity (Wildman–Crippen MR) is 150 cm³/mol. The first-order valence-corrected chi connectivity index (χ1v) is 14.5. The van der Waals surface area contributed by atoms with Crippen molar-refractivity contribution in [3.8, 4) is 21.1 Å². The fourth-order valence-corrected chi connectivity index (χ4v) is 5.82. The Labute approximate surface area is 263 Å². The molecule has 0 radical (unpaired) electrons. The average molecular weight is 703 g/mol. The first kappa shape index (κ1) is 37.0. The third kappa shape index (κ3) is 8.45. The third-order valence-corrected chi connectivity index (χ3v) is 8.79. The number of rotatable bonds is 8. The summed E-state index contributed by atoms with van der Waals surface area (Å²) in [6.07, 6.45) is -11.5. The van der Waals surface area contributed by atoms with E-state index < -0.39 is 54.2 Å². The van der Waals surface area contributed by atoms with Crippen LogP contribution in [-0.2, 0) is 12.4 Å². The van der Waals surface area contributed by atoms with Gasteiger partial charge in [0.15, 0.2) is 12.2 Å². The molecule has 0 amide bonds. The number of alkyl halides is 10. The van der Waals surface area contributed by atoms with Crippen LogP contribution in [0, 0.1) is 13.8 Å². The molecule has 0 aliphatic heterocycles. The van der Waals surface area contributed by atoms with Gasteiger partial charge in [-0.15, -0.1) is 22.7 Å². The van der Waals surface area contributed by atoms with Gasteiger partial charge in [0.05, 0.1) is 21.1 Å². The number of aliphatic hydroxyl groups is 2. The van der Waals surface area contributed by atoms with E-state index in [2.05, 4.69) is 26.5 Å². The summed E-state index contributed by atoms with van der Waals surface area (Å²) in [6.45, 7) is 7.10. The highest BCUT2D eigenvalue weighted by Gasteiger charge is 2.40. The van der Waals surface area contributed by atoms with Crippen molar-refractivity contribution in [1.82, 2.24) is 19.9 Å². The van der Waals surface area contributed by atoms with E-state index in [0.29, 0.717) is 6.08 Å². The summed E-state index contributed by atoms with van der Waals surface area (Å²) in [7, 11) is 0. The Bertz CT molecular complexity index is 1630. The molecule has 0 aromatic carbocycles. The van der Waals surface area contributed by atoms with E-state index in [1.54, 1.807) is 0 Å². The van der Waals surface area contributed by atoms with Gasteiger partial charge < -0.3 is 10.2 Å². The molecular weight excluding hydrogens is 678 g/mol. The molecule has 6 nitrogen and oxygen atoms in total. The lowest BCUT2D eigenvalue weighted by atomic mass is 10.1. The molecule has 250 valence electrons. The summed E-state index contributed by atoms with van der Waals surface area (Å²) >= 11 is 1.58. The largest absolute Gasteiger partial charge is 0.433 e. The Kier molecular flexibility index (Phi) is 11.0. The molecule has 0 spiro atoms. The van der Waals surface area contributed by atoms with Crippen molar-refractivity contribution in [3.63, 3.8) is 0 Å². The first-order chi connectivity index (χ1) is 21.1. The molecule has 0 saturated heterocycles. The second kappa shape index (κ2) is 13.7. The minimum absolute atomic E-state index is 0.00764. The minimum Gasteiger partial charge on any atom is -0.381 e. The molecule has 2 N–H and O–H groups in total. The Hall–Kier alpha value is -3.48. The number of hydrogen-bond acceptors (Lipinski definition) is 8. The van der Waals surface area contributed by atoms with Gasteiger partial charge in [-0.2, -0.15) is 35.1 Å². The Morgan fingerprint density at radius 2 is 1.11 bits per heavy atom. The number of aryl methyl sites for hydroxylation is 2. The molecule has 2 atom stereocenters. The van der Waals surface area contributed by atoms with E-state index >= 15 is 0 Å². The van der Waals surface area contributed by atoms with Gasteiger partial charge in [-0.25, -0.2) is 18.7 Å². The maximum atomic E-state index is 13.6. The van der Waals surface area contributed by atoms with Crippen molar-refractivity contribution in [2.45, 2.75) is 63.6 Å². The fourth-order valence-electron chi connectivity index (χ4n) is 3.62. The third-order valence-electron chi connectivity index (χ3n) is 6.27. The monoisotopic (exact) mass is 702 g/mol. The van der Waals surface area contributed by atoms with Crippen LogP contribution in [0.15, 0.2) is 49.3 Å². The van der Waals surface area contributed by atoms with Crippen LogP contribution in [0.4, 0.5) is 43.9 Å². The van der Waals surface area contributed by atoms with Gasteiger partial charge in [-0.1, -0.05) is 13.5 Å². The molecule has 0 fully saturated rings. The minimum atomic E-state index is -4.56. The van der Waals surface area contributed by atoms with Gasteiger partial charge in [0.25, 0.3) is 11.8 Å². The zero-order valence-corrected chi connectivity index (χ0v) is 25.5. The number of aromatic nitrogens is 4. The average Bonchev–Trinajstić information content (AvgIpc) is 3.58. The van der Waals surface area contributed by atoms with E-state index in [0.717, 1.165) is 53.3 Å². The number of halogens is 10. The maximum Gasteiger partial charge on any atom is 0.433 e. The lowest BCUT2D eigenvalue weighted by molar-refractivity contribution is -0.141. The lowest BCUT2D eigenvalue weighted by Gasteiger charge is -2.20. The van der Waals surface area contributed by atoms with E-state index in [9.17, 15) is 54.1 Å². The summed E-state index contributed by atoms with van der Waals surface area (Å²) in [5.41, 5.74) is -1.22. The van der Waals surface area contributed by atoms with Gasteiger partial charge in [-0.05, 0) is 44.2 Å². The van der Waals surface area contributed by atoms with Gasteiger partial charge in [0, 0.05) is 29.9 Å². The standard InChI is InChI=1S/C14H13F5N2OS.C14H11F5N2OS/c2*1-3-13(15,16)11(22)10-7(2)21-12(23-10)8-4-5-9(20-6-8)14(17,18)19/h4-6,11,22H,3H2,1-2H3;3-6,11,22H,1H2,2H3. The van der Waals surface area contributed by atoms with Crippen LogP contribution in [0.5, 0.6) is 0 Å². The second-order valence-corrected chi connectivity index (χ2v) is 11.7. The van der Waals surface area contributed by atoms with Crippen molar-refractivity contribution in [1.29, 1.82) is 0 Å². The van der Waals surface area contributed by atoms with Crippen molar-refractivity contribution >= 4 is 22.7 Å². The molecule has 2 unspecified atom stereocenters. The summed E-state index contributed by atoms with van der Waals surface area (Å²) < 4.78 is 129. The lowest BCUT2D eigenvalue weighted by Crippen LogP contribution is -2.24. The SMILES string of the molecule is C=CC(F)(F)C(O)c1sc(-c2ccc(C(F)(F)F)nc2)nc1C.CCC(F)(F)C(O)c1sc(-c2ccc(C(F)(F)F)nc2)nc1C. The van der Waals surface area contributed by atoms with E-state index in [4.69, 9.17) is 0 Å². The van der Waals surface area contributed by atoms with Crippen molar-refractivity contribution < 1.29 is 54.1 Å². The topological polar surface area (TPSA) is 92.0 Å². The number of hydrogen-bond donors (Lipinski definition) is 2. The molecule has 4 heterocycles. The maximum absolute atomic E-state index is 13.6. The molecule has 4 aromatic heterocycles. The number of thiazole rings is 2. The van der Waals surface area contributed by atoms with Crippen LogP contribution in [-0.4, -0.2) is 42.0 Å². The second-order valence-electron chi connectivity index (χ2n) is 9.60. The molecule has 4 aromatic rings. The molecule has 4 rings (SSSR count). The number of pyridine rings is 2. The van der Waals surface area contributed by atoms with Crippen LogP contribution in [0.1, 0.15) is 58.1 Å². The fraction of sp³-hybridized carbons (Fsp3) is 0.357. The summed E-state index contributed by atoms with van der Waals surface area (Å²) in [4.78, 5) is 14.6. The molecule has 18 heteroatoms. The van der Waals surface area contributed by atoms with E-state index in [1.165, 1.54) is 26.8 Å². The highest BCUT2D eigenvalue weighted by Crippen LogP contribution is 2.41. The molecule has 0 aliphatic carbocycles. The van der Waals surface area contributed by atoms with E-state index in [1.807, 2.05) is 0 Å². The van der Waals surface area contributed by atoms with Crippen molar-refractivity contribution in [3.05, 3.63) is 81.8 Å². The van der Waals surface area contributed by atoms with Crippen LogP contribution in [0.3, 0.4) is 0 Å². The van der Waals surface area contributed by atoms with Crippen molar-refractivity contribution in [2.75, 3.05) is 0 Å². The number of nitrogens with zero attached hydrogens (tertiary/aromatic N) is 4. The zero-order chi connectivity index (χ0) is 34.8. The van der Waals surface area contributed by atoms with Gasteiger partial charge >= 0.3 is 12.4 Å². The molecule has 0 bridgehead atoms. The van der Waals surface area contributed by atoms with Gasteiger partial charge in [0.2, 0.25) is 0 Å². The first-order valence-electron chi connectivity index (χ1n) is 12.9. The van der Waals surface area contributed by atoms with Crippen LogP contribution in [0.2, 0.25) is 0 Å². The quantitative estimate of drug-likeness (QED) is 0.141. The van der Waals surface area contributed by atoms with E-state index in [-0.39, 0.29) is 42.3 Å². The molecule has 0 aliphatic rings. The zero-order valence-electron chi connectivity index (χ0n) is 23.9. The summed E-state index contributed by atoms with van der Waals surface area (Å²) in [5.74, 6) is -6.83. The number of aliphatic hydroxyl groups excluding tert-OH is 2. The van der Waals surface area contributed by atoms with Crippen LogP contribution < -0.4 is 0 Å². The van der Waals surface area contributed by atoms with Crippen LogP contribution in [0.25, 0.3) is 21.1 Å². The molecular formula is C28H24F10N4O2S2. The summed E-state index contributed by atoms with van der Waals surface area (Å²) in [6, 6.07) is 3.89. The summed E-state index contributed by atoms with van der Waals surface area (Å²) in [5, 5.41) is 19.9. The van der Waals surface area contributed by atoms with Crippen molar-refractivity contribution in [2.24, 2.45) is 0 Å². The highest BCUT2D eigenvalue weighted by molar-refractivity contribution is 7.15. The smallest absolute Gasteiger partial charge is 0.381 e. The molecule has 46 heavy (non-hydrogen) atoms. The van der Waals surface area contributed by atoms with Crippen LogP contribution >= 0.6 is 22.7 Å². The Balaban J connectivity index is 0.000000250. The normalized spacial score (nSPS) is 14.0. The Morgan fingerprint density at radius 1 is 0.717 bits per heavy atom. The predicted octanol–water partition coefficient (Wildman–Crippen LogP) is 9.00. The molecule has 0 saturated carbocycles. The Morgan fingerprint density at radius 3 is 1.41 bits per heavy atom. The highest BCUT2D eigenvalue weighted by atomic mass is 32.1. The van der Waals surface area contributed by atoms with Gasteiger partial charge in [-0.3, -0.25) is 9.97 Å².